The molecule has 11 aromatic rings. The molecule has 1 aliphatic rings. The summed E-state index contributed by atoms with van der Waals surface area (Å²) in [7, 11) is 0. The van der Waals surface area contributed by atoms with Gasteiger partial charge in [0, 0.05) is 38.8 Å². The minimum atomic E-state index is -0.131. The molecule has 5 nitrogen and oxygen atoms in total. The number of hydrogen-bond acceptors (Lipinski definition) is 5. The average molecular weight is 884 g/mol. The average Bonchev–Trinajstić information content (AvgIpc) is 3.66. The molecular weight excluding hydrogens is 839 g/mol. The van der Waals surface area contributed by atoms with E-state index in [0.29, 0.717) is 23.3 Å². The van der Waals surface area contributed by atoms with Gasteiger partial charge in [-0.25, -0.2) is 24.9 Å². The Hall–Kier alpha value is -8.93. The van der Waals surface area contributed by atoms with Crippen molar-refractivity contribution in [2.45, 2.75) is 19.3 Å². The maximum absolute atomic E-state index is 5.25. The second-order valence-corrected chi connectivity index (χ2v) is 18.1. The largest absolute Gasteiger partial charge is 0.228 e. The molecule has 2 heterocycles. The van der Waals surface area contributed by atoms with Crippen molar-refractivity contribution in [3.05, 3.63) is 248 Å². The molecule has 12 rings (SSSR count). The maximum Gasteiger partial charge on any atom is 0.164 e. The van der Waals surface area contributed by atoms with Crippen LogP contribution in [-0.2, 0) is 5.41 Å². The van der Waals surface area contributed by atoms with Crippen LogP contribution in [0.1, 0.15) is 25.0 Å². The van der Waals surface area contributed by atoms with E-state index in [2.05, 4.69) is 190 Å². The molecule has 0 radical (unpaired) electrons. The normalized spacial score (nSPS) is 12.3. The highest BCUT2D eigenvalue weighted by molar-refractivity contribution is 5.85. The van der Waals surface area contributed by atoms with E-state index in [0.717, 1.165) is 78.1 Å². The van der Waals surface area contributed by atoms with Gasteiger partial charge in [-0.3, -0.25) is 0 Å². The van der Waals surface area contributed by atoms with Crippen LogP contribution < -0.4 is 0 Å². The van der Waals surface area contributed by atoms with Crippen molar-refractivity contribution in [3.8, 4) is 113 Å². The minimum absolute atomic E-state index is 0.131. The minimum Gasteiger partial charge on any atom is -0.228 e. The third-order valence-corrected chi connectivity index (χ3v) is 13.3. The van der Waals surface area contributed by atoms with E-state index in [-0.39, 0.29) is 5.41 Å². The monoisotopic (exact) mass is 883 g/mol. The lowest BCUT2D eigenvalue weighted by atomic mass is 9.82. The molecule has 0 aliphatic heterocycles. The Morgan fingerprint density at radius 1 is 0.232 bits per heavy atom. The van der Waals surface area contributed by atoms with Crippen molar-refractivity contribution in [1.82, 2.24) is 24.9 Å². The highest BCUT2D eigenvalue weighted by Gasteiger charge is 2.35. The lowest BCUT2D eigenvalue weighted by Crippen LogP contribution is -2.14. The first kappa shape index (κ1) is 41.5. The molecule has 0 atom stereocenters. The standard InChI is InChI=1S/C64H45N5/c1-64(2)56-32-16-15-31-54(56)55-34-33-49(40-57(55)64)59-41-58(65-60(66-59)44-23-11-5-12-24-44)48-29-17-27-46(35-48)47-28-18-30-50(36-47)62-67-61(45-25-13-6-14-26-45)68-63(69-62)53-38-51(42-19-7-3-8-20-42)37-52(39-53)43-21-9-4-10-22-43/h3-41H,1-2H3. The van der Waals surface area contributed by atoms with Crippen LogP contribution in [0.5, 0.6) is 0 Å². The van der Waals surface area contributed by atoms with Crippen molar-refractivity contribution in [2.24, 2.45) is 0 Å². The fourth-order valence-corrected chi connectivity index (χ4v) is 9.72. The third kappa shape index (κ3) is 8.00. The van der Waals surface area contributed by atoms with Crippen molar-refractivity contribution in [1.29, 1.82) is 0 Å². The van der Waals surface area contributed by atoms with Crippen LogP contribution in [0, 0.1) is 0 Å². The van der Waals surface area contributed by atoms with Crippen LogP contribution in [0.2, 0.25) is 0 Å². The van der Waals surface area contributed by atoms with E-state index in [1.165, 1.54) is 22.3 Å². The van der Waals surface area contributed by atoms with Gasteiger partial charge in [-0.2, -0.15) is 0 Å². The summed E-state index contributed by atoms with van der Waals surface area (Å²) >= 11 is 0. The quantitative estimate of drug-likeness (QED) is 0.144. The number of aromatic nitrogens is 5. The zero-order valence-corrected chi connectivity index (χ0v) is 38.3. The van der Waals surface area contributed by atoms with E-state index in [9.17, 15) is 0 Å². The van der Waals surface area contributed by atoms with Crippen LogP contribution in [0.4, 0.5) is 0 Å². The summed E-state index contributed by atoms with van der Waals surface area (Å²) in [6.07, 6.45) is 0. The summed E-state index contributed by atoms with van der Waals surface area (Å²) in [5, 5.41) is 0. The first-order valence-electron chi connectivity index (χ1n) is 23.4. The van der Waals surface area contributed by atoms with Gasteiger partial charge in [-0.05, 0) is 98.1 Å². The molecule has 2 aromatic heterocycles. The Labute approximate surface area is 402 Å². The zero-order chi connectivity index (χ0) is 46.3. The molecule has 0 saturated carbocycles. The third-order valence-electron chi connectivity index (χ3n) is 13.3. The van der Waals surface area contributed by atoms with Gasteiger partial charge < -0.3 is 0 Å². The van der Waals surface area contributed by atoms with Crippen LogP contribution in [0.25, 0.3) is 113 Å². The maximum atomic E-state index is 5.25. The SMILES string of the molecule is CC1(C)c2ccccc2-c2ccc(-c3cc(-c4cccc(-c5cccc(-c6nc(-c7ccccc7)nc(-c7cc(-c8ccccc8)cc(-c8ccccc8)c7)n6)c5)c4)nc(-c4ccccc4)n3)cc21. The topological polar surface area (TPSA) is 64.5 Å². The molecule has 5 heteroatoms. The Morgan fingerprint density at radius 2 is 0.609 bits per heavy atom. The van der Waals surface area contributed by atoms with Crippen molar-refractivity contribution < 1.29 is 0 Å². The molecule has 0 N–H and O–H groups in total. The number of benzene rings is 9. The van der Waals surface area contributed by atoms with E-state index in [1.54, 1.807) is 0 Å². The number of fused-ring (bicyclic) bond motifs is 3. The zero-order valence-electron chi connectivity index (χ0n) is 38.3. The Bertz CT molecular complexity index is 3620. The predicted octanol–water partition coefficient (Wildman–Crippen LogP) is 16.0. The van der Waals surface area contributed by atoms with Gasteiger partial charge in [0.1, 0.15) is 0 Å². The van der Waals surface area contributed by atoms with E-state index >= 15 is 0 Å². The second kappa shape index (κ2) is 17.4. The predicted molar refractivity (Wildman–Crippen MR) is 282 cm³/mol. The number of nitrogens with zero attached hydrogens (tertiary/aromatic N) is 5. The van der Waals surface area contributed by atoms with Crippen LogP contribution in [0.3, 0.4) is 0 Å². The first-order chi connectivity index (χ1) is 33.9. The summed E-state index contributed by atoms with van der Waals surface area (Å²) in [5.74, 6) is 2.49. The van der Waals surface area contributed by atoms with E-state index < -0.39 is 0 Å². The lowest BCUT2D eigenvalue weighted by Gasteiger charge is -2.22. The van der Waals surface area contributed by atoms with Crippen LogP contribution in [-0.4, -0.2) is 24.9 Å². The second-order valence-electron chi connectivity index (χ2n) is 18.1. The summed E-state index contributed by atoms with van der Waals surface area (Å²) < 4.78 is 0. The molecule has 1 aliphatic carbocycles. The Morgan fingerprint density at radius 3 is 1.19 bits per heavy atom. The van der Waals surface area contributed by atoms with Crippen LogP contribution >= 0.6 is 0 Å². The van der Waals surface area contributed by atoms with E-state index in [1.807, 2.05) is 60.7 Å². The highest BCUT2D eigenvalue weighted by Crippen LogP contribution is 2.49. The van der Waals surface area contributed by atoms with Crippen molar-refractivity contribution >= 4 is 0 Å². The van der Waals surface area contributed by atoms with Gasteiger partial charge in [0.2, 0.25) is 0 Å². The van der Waals surface area contributed by atoms with E-state index in [4.69, 9.17) is 24.9 Å². The molecule has 0 fully saturated rings. The fraction of sp³-hybridized carbons (Fsp3) is 0.0469. The molecule has 0 amide bonds. The van der Waals surface area contributed by atoms with Gasteiger partial charge in [0.25, 0.3) is 0 Å². The lowest BCUT2D eigenvalue weighted by molar-refractivity contribution is 0.660. The van der Waals surface area contributed by atoms with Gasteiger partial charge in [-0.15, -0.1) is 0 Å². The molecule has 0 saturated heterocycles. The molecule has 0 bridgehead atoms. The molecule has 326 valence electrons. The summed E-state index contributed by atoms with van der Waals surface area (Å²) in [6, 6.07) is 82.7. The Balaban J connectivity index is 0.950. The van der Waals surface area contributed by atoms with Gasteiger partial charge in [0.05, 0.1) is 11.4 Å². The summed E-state index contributed by atoms with van der Waals surface area (Å²) in [5.41, 5.74) is 19.1. The molecular formula is C64H45N5. The summed E-state index contributed by atoms with van der Waals surface area (Å²) in [6.45, 7) is 4.63. The fourth-order valence-electron chi connectivity index (χ4n) is 9.72. The van der Waals surface area contributed by atoms with Gasteiger partial charge >= 0.3 is 0 Å². The number of hydrogen-bond donors (Lipinski definition) is 0. The first-order valence-corrected chi connectivity index (χ1v) is 23.4. The molecule has 0 unspecified atom stereocenters. The smallest absolute Gasteiger partial charge is 0.164 e. The highest BCUT2D eigenvalue weighted by atomic mass is 15.0. The van der Waals surface area contributed by atoms with Gasteiger partial charge in [0.15, 0.2) is 23.3 Å². The molecule has 69 heavy (non-hydrogen) atoms. The summed E-state index contributed by atoms with van der Waals surface area (Å²) in [4.78, 5) is 26.0. The van der Waals surface area contributed by atoms with Crippen molar-refractivity contribution in [3.63, 3.8) is 0 Å². The van der Waals surface area contributed by atoms with Crippen molar-refractivity contribution in [2.75, 3.05) is 0 Å². The molecule has 9 aromatic carbocycles. The van der Waals surface area contributed by atoms with Gasteiger partial charge in [-0.1, -0.05) is 208 Å². The Kier molecular flexibility index (Phi) is 10.4. The number of rotatable bonds is 9. The van der Waals surface area contributed by atoms with Crippen LogP contribution in [0.15, 0.2) is 237 Å². The molecule has 0 spiro atoms.